The fourth-order valence-corrected chi connectivity index (χ4v) is 2.91. The van der Waals surface area contributed by atoms with Gasteiger partial charge in [0.1, 0.15) is 11.6 Å². The van der Waals surface area contributed by atoms with Crippen LogP contribution >= 0.6 is 11.3 Å². The molecule has 4 nitrogen and oxygen atoms in total. The highest BCUT2D eigenvalue weighted by Gasteiger charge is 2.12. The van der Waals surface area contributed by atoms with Gasteiger partial charge in [-0.05, 0) is 18.2 Å². The van der Waals surface area contributed by atoms with Crippen molar-refractivity contribution in [1.82, 2.24) is 4.98 Å². The highest BCUT2D eigenvalue weighted by Crippen LogP contribution is 2.24. The molecule has 122 valence electrons. The molecule has 0 N–H and O–H groups in total. The Kier molecular flexibility index (Phi) is 4.86. The van der Waals surface area contributed by atoms with Crippen molar-refractivity contribution in [2.24, 2.45) is 0 Å². The van der Waals surface area contributed by atoms with Crippen molar-refractivity contribution in [3.8, 4) is 16.3 Å². The molecule has 0 radical (unpaired) electrons. The molecule has 24 heavy (non-hydrogen) atoms. The van der Waals surface area contributed by atoms with E-state index in [0.717, 1.165) is 16.6 Å². The molecule has 0 saturated heterocycles. The number of thiazole rings is 1. The quantitative estimate of drug-likeness (QED) is 0.648. The second-order valence-electron chi connectivity index (χ2n) is 4.94. The fourth-order valence-electron chi connectivity index (χ4n) is 2.10. The lowest BCUT2D eigenvalue weighted by atomic mass is 10.2. The minimum absolute atomic E-state index is 0.0375. The van der Waals surface area contributed by atoms with Gasteiger partial charge in [-0.1, -0.05) is 30.3 Å². The van der Waals surface area contributed by atoms with E-state index < -0.39 is 11.8 Å². The molecule has 0 atom stereocenters. The standard InChI is InChI=1S/C18H14FNO3S/c1-22-16-8-7-13(9-15(16)19)18(21)23-10-14-11-24-17(20-14)12-5-3-2-4-6-12/h2-9,11H,10H2,1H3. The fraction of sp³-hybridized carbons (Fsp3) is 0.111. The van der Waals surface area contributed by atoms with Gasteiger partial charge in [-0.2, -0.15) is 0 Å². The summed E-state index contributed by atoms with van der Waals surface area (Å²) in [7, 11) is 1.36. The van der Waals surface area contributed by atoms with Crippen molar-refractivity contribution >= 4 is 17.3 Å². The summed E-state index contributed by atoms with van der Waals surface area (Å²) in [6.07, 6.45) is 0. The predicted octanol–water partition coefficient (Wildman–Crippen LogP) is 4.31. The van der Waals surface area contributed by atoms with Crippen LogP contribution in [0.15, 0.2) is 53.9 Å². The Bertz CT molecular complexity index is 848. The number of ether oxygens (including phenoxy) is 2. The van der Waals surface area contributed by atoms with E-state index in [-0.39, 0.29) is 17.9 Å². The number of carbonyl (C=O) groups is 1. The first-order valence-corrected chi connectivity index (χ1v) is 8.06. The summed E-state index contributed by atoms with van der Waals surface area (Å²) in [4.78, 5) is 16.4. The zero-order valence-corrected chi connectivity index (χ0v) is 13.7. The van der Waals surface area contributed by atoms with Gasteiger partial charge < -0.3 is 9.47 Å². The number of methoxy groups -OCH3 is 1. The third-order valence-corrected chi connectivity index (χ3v) is 4.25. The lowest BCUT2D eigenvalue weighted by Gasteiger charge is -2.05. The molecule has 0 unspecified atom stereocenters. The Balaban J connectivity index is 1.65. The molecule has 0 aliphatic heterocycles. The van der Waals surface area contributed by atoms with Gasteiger partial charge >= 0.3 is 5.97 Å². The van der Waals surface area contributed by atoms with Gasteiger partial charge in [-0.25, -0.2) is 14.2 Å². The average Bonchev–Trinajstić information content (AvgIpc) is 3.09. The van der Waals surface area contributed by atoms with Crippen LogP contribution in [0.5, 0.6) is 5.75 Å². The Hall–Kier alpha value is -2.73. The van der Waals surface area contributed by atoms with E-state index in [2.05, 4.69) is 4.98 Å². The number of halogens is 1. The lowest BCUT2D eigenvalue weighted by molar-refractivity contribution is 0.0468. The maximum atomic E-state index is 13.6. The lowest BCUT2D eigenvalue weighted by Crippen LogP contribution is -2.06. The number of esters is 1. The number of carbonyl (C=O) groups excluding carboxylic acids is 1. The summed E-state index contributed by atoms with van der Waals surface area (Å²) in [5.74, 6) is -1.13. The van der Waals surface area contributed by atoms with Crippen LogP contribution < -0.4 is 4.74 Å². The van der Waals surface area contributed by atoms with Gasteiger partial charge in [0.15, 0.2) is 11.6 Å². The molecule has 1 heterocycles. The maximum Gasteiger partial charge on any atom is 0.338 e. The third-order valence-electron chi connectivity index (χ3n) is 3.31. The molecule has 0 aliphatic rings. The monoisotopic (exact) mass is 343 g/mol. The van der Waals surface area contributed by atoms with E-state index in [1.165, 1.54) is 30.6 Å². The SMILES string of the molecule is COc1ccc(C(=O)OCc2csc(-c3ccccc3)n2)cc1F. The van der Waals surface area contributed by atoms with E-state index in [0.29, 0.717) is 5.69 Å². The predicted molar refractivity (Wildman–Crippen MR) is 89.6 cm³/mol. The molecule has 6 heteroatoms. The van der Waals surface area contributed by atoms with Crippen molar-refractivity contribution in [3.63, 3.8) is 0 Å². The Morgan fingerprint density at radius 2 is 2.00 bits per heavy atom. The summed E-state index contributed by atoms with van der Waals surface area (Å²) in [5.41, 5.74) is 1.80. The molecule has 2 aromatic carbocycles. The average molecular weight is 343 g/mol. The summed E-state index contributed by atoms with van der Waals surface area (Å²) in [5, 5.41) is 2.70. The van der Waals surface area contributed by atoms with E-state index in [1.807, 2.05) is 35.7 Å². The molecule has 1 aromatic heterocycles. The number of hydrogen-bond acceptors (Lipinski definition) is 5. The van der Waals surface area contributed by atoms with Gasteiger partial charge in [-0.3, -0.25) is 0 Å². The summed E-state index contributed by atoms with van der Waals surface area (Å²) in [6.45, 7) is 0.0375. The number of aromatic nitrogens is 1. The summed E-state index contributed by atoms with van der Waals surface area (Å²) >= 11 is 1.48. The van der Waals surface area contributed by atoms with Crippen LogP contribution in [0.1, 0.15) is 16.1 Å². The second-order valence-corrected chi connectivity index (χ2v) is 5.79. The van der Waals surface area contributed by atoms with E-state index in [1.54, 1.807) is 0 Å². The molecule has 0 aliphatic carbocycles. The van der Waals surface area contributed by atoms with Crippen LogP contribution in [-0.2, 0) is 11.3 Å². The molecule has 3 aromatic rings. The van der Waals surface area contributed by atoms with Crippen molar-refractivity contribution in [3.05, 3.63) is 71.0 Å². The topological polar surface area (TPSA) is 48.4 Å². The van der Waals surface area contributed by atoms with Gasteiger partial charge in [0.05, 0.1) is 18.4 Å². The highest BCUT2D eigenvalue weighted by molar-refractivity contribution is 7.13. The molecular formula is C18H14FNO3S. The Morgan fingerprint density at radius 3 is 2.71 bits per heavy atom. The van der Waals surface area contributed by atoms with E-state index in [4.69, 9.17) is 9.47 Å². The van der Waals surface area contributed by atoms with Gasteiger partial charge in [0.2, 0.25) is 0 Å². The van der Waals surface area contributed by atoms with E-state index in [9.17, 15) is 9.18 Å². The van der Waals surface area contributed by atoms with E-state index >= 15 is 0 Å². The molecule has 0 saturated carbocycles. The second kappa shape index (κ2) is 7.23. The molecule has 0 bridgehead atoms. The van der Waals surface area contributed by atoms with Crippen LogP contribution in [0, 0.1) is 5.82 Å². The first-order valence-electron chi connectivity index (χ1n) is 7.18. The minimum Gasteiger partial charge on any atom is -0.494 e. The third kappa shape index (κ3) is 3.60. The van der Waals surface area contributed by atoms with Crippen molar-refractivity contribution in [2.45, 2.75) is 6.61 Å². The first-order chi connectivity index (χ1) is 11.7. The zero-order chi connectivity index (χ0) is 16.9. The van der Waals surface area contributed by atoms with Gasteiger partial charge in [-0.15, -0.1) is 11.3 Å². The maximum absolute atomic E-state index is 13.6. The smallest absolute Gasteiger partial charge is 0.338 e. The zero-order valence-electron chi connectivity index (χ0n) is 12.9. The summed E-state index contributed by atoms with van der Waals surface area (Å²) in [6, 6.07) is 13.7. The van der Waals surface area contributed by atoms with Crippen molar-refractivity contribution in [2.75, 3.05) is 7.11 Å². The number of nitrogens with zero attached hydrogens (tertiary/aromatic N) is 1. The van der Waals surface area contributed by atoms with Crippen molar-refractivity contribution < 1.29 is 18.7 Å². The normalized spacial score (nSPS) is 10.4. The Morgan fingerprint density at radius 1 is 1.21 bits per heavy atom. The van der Waals surface area contributed by atoms with Crippen LogP contribution in [0.4, 0.5) is 4.39 Å². The molecule has 0 amide bonds. The molecule has 3 rings (SSSR count). The Labute approximate surface area is 142 Å². The number of rotatable bonds is 5. The number of benzene rings is 2. The molecular weight excluding hydrogens is 329 g/mol. The highest BCUT2D eigenvalue weighted by atomic mass is 32.1. The van der Waals surface area contributed by atoms with Crippen LogP contribution in [0.2, 0.25) is 0 Å². The minimum atomic E-state index is -0.606. The van der Waals surface area contributed by atoms with Crippen LogP contribution in [0.25, 0.3) is 10.6 Å². The van der Waals surface area contributed by atoms with Gasteiger partial charge in [0, 0.05) is 10.9 Å². The van der Waals surface area contributed by atoms with Crippen LogP contribution in [0.3, 0.4) is 0 Å². The molecule has 0 spiro atoms. The summed E-state index contributed by atoms with van der Waals surface area (Å²) < 4.78 is 23.6. The largest absolute Gasteiger partial charge is 0.494 e. The number of hydrogen-bond donors (Lipinski definition) is 0. The van der Waals surface area contributed by atoms with Gasteiger partial charge in [0.25, 0.3) is 0 Å². The molecule has 0 fully saturated rings. The first kappa shape index (κ1) is 16.1. The van der Waals surface area contributed by atoms with Crippen LogP contribution in [-0.4, -0.2) is 18.1 Å². The van der Waals surface area contributed by atoms with Crippen molar-refractivity contribution in [1.29, 1.82) is 0 Å².